The third-order valence-electron chi connectivity index (χ3n) is 3.60. The number of likely N-dealkylation sites (N-methyl/N-ethyl adjacent to an activating group) is 1. The van der Waals surface area contributed by atoms with Gasteiger partial charge >= 0.3 is 0 Å². The molecule has 2 aromatic rings. The van der Waals surface area contributed by atoms with Gasteiger partial charge in [-0.15, -0.1) is 11.3 Å². The molecule has 0 spiro atoms. The van der Waals surface area contributed by atoms with E-state index in [1.54, 1.807) is 5.51 Å². The molecule has 0 aliphatic carbocycles. The Balaban J connectivity index is 1.85. The normalized spacial score (nSPS) is 16.4. The molecule has 1 aromatic heterocycles. The van der Waals surface area contributed by atoms with Crippen molar-refractivity contribution in [1.82, 2.24) is 14.8 Å². The molecule has 20 heavy (non-hydrogen) atoms. The zero-order valence-corrected chi connectivity index (χ0v) is 12.3. The lowest BCUT2D eigenvalue weighted by Crippen LogP contribution is -2.47. The third kappa shape index (κ3) is 2.59. The minimum Gasteiger partial charge on any atom is -0.335 e. The molecule has 4 nitrogen and oxygen atoms in total. The summed E-state index contributed by atoms with van der Waals surface area (Å²) in [5, 5.41) is 0. The van der Waals surface area contributed by atoms with E-state index in [9.17, 15) is 4.79 Å². The molecule has 0 saturated carbocycles. The summed E-state index contributed by atoms with van der Waals surface area (Å²) in [5.74, 6) is 0.0539. The average molecular weight is 287 g/mol. The first-order chi connectivity index (χ1) is 9.75. The second kappa shape index (κ2) is 5.73. The quantitative estimate of drug-likeness (QED) is 0.849. The van der Waals surface area contributed by atoms with Gasteiger partial charge in [0.15, 0.2) is 0 Å². The molecule has 2 heterocycles. The van der Waals surface area contributed by atoms with Gasteiger partial charge in [-0.3, -0.25) is 4.79 Å². The molecule has 0 radical (unpaired) electrons. The first kappa shape index (κ1) is 13.3. The van der Waals surface area contributed by atoms with Gasteiger partial charge in [-0.2, -0.15) is 0 Å². The fourth-order valence-electron chi connectivity index (χ4n) is 2.35. The van der Waals surface area contributed by atoms with Gasteiger partial charge in [0.05, 0.1) is 10.4 Å². The molecule has 1 amide bonds. The van der Waals surface area contributed by atoms with E-state index in [0.29, 0.717) is 5.69 Å². The number of hydrogen-bond acceptors (Lipinski definition) is 4. The van der Waals surface area contributed by atoms with E-state index < -0.39 is 0 Å². The third-order valence-corrected chi connectivity index (χ3v) is 4.47. The van der Waals surface area contributed by atoms with Crippen LogP contribution < -0.4 is 0 Å². The van der Waals surface area contributed by atoms with Crippen LogP contribution in [0.3, 0.4) is 0 Å². The molecule has 3 rings (SSSR count). The number of nitrogens with zero attached hydrogens (tertiary/aromatic N) is 3. The number of benzene rings is 1. The van der Waals surface area contributed by atoms with Crippen LogP contribution in [0.2, 0.25) is 0 Å². The van der Waals surface area contributed by atoms with Crippen LogP contribution in [0, 0.1) is 0 Å². The monoisotopic (exact) mass is 287 g/mol. The maximum atomic E-state index is 12.6. The molecule has 0 N–H and O–H groups in total. The Morgan fingerprint density at radius 2 is 1.85 bits per heavy atom. The SMILES string of the molecule is CN1CCN(C(=O)c2ncsc2-c2ccccc2)CC1. The summed E-state index contributed by atoms with van der Waals surface area (Å²) >= 11 is 1.53. The van der Waals surface area contributed by atoms with Gasteiger partial charge in [0, 0.05) is 26.2 Å². The maximum Gasteiger partial charge on any atom is 0.274 e. The van der Waals surface area contributed by atoms with Crippen molar-refractivity contribution in [3.8, 4) is 10.4 Å². The molecular weight excluding hydrogens is 270 g/mol. The van der Waals surface area contributed by atoms with E-state index in [4.69, 9.17) is 0 Å². The van der Waals surface area contributed by atoms with Gasteiger partial charge in [-0.1, -0.05) is 30.3 Å². The zero-order valence-electron chi connectivity index (χ0n) is 11.5. The Morgan fingerprint density at radius 1 is 1.15 bits per heavy atom. The van der Waals surface area contributed by atoms with E-state index in [2.05, 4.69) is 16.9 Å². The number of rotatable bonds is 2. The van der Waals surface area contributed by atoms with Crippen molar-refractivity contribution in [2.24, 2.45) is 0 Å². The van der Waals surface area contributed by atoms with Crippen molar-refractivity contribution in [3.05, 3.63) is 41.5 Å². The van der Waals surface area contributed by atoms with Gasteiger partial charge in [0.1, 0.15) is 5.69 Å². The predicted molar refractivity (Wildman–Crippen MR) is 81.0 cm³/mol. The summed E-state index contributed by atoms with van der Waals surface area (Å²) in [7, 11) is 2.08. The van der Waals surface area contributed by atoms with Crippen LogP contribution in [-0.2, 0) is 0 Å². The number of carbonyl (C=O) groups excluding carboxylic acids is 1. The lowest BCUT2D eigenvalue weighted by molar-refractivity contribution is 0.0660. The number of hydrogen-bond donors (Lipinski definition) is 0. The van der Waals surface area contributed by atoms with Crippen LogP contribution in [-0.4, -0.2) is 53.9 Å². The van der Waals surface area contributed by atoms with Gasteiger partial charge < -0.3 is 9.80 Å². The van der Waals surface area contributed by atoms with Crippen molar-refractivity contribution in [2.75, 3.05) is 33.2 Å². The molecule has 1 saturated heterocycles. The van der Waals surface area contributed by atoms with Crippen LogP contribution in [0.4, 0.5) is 0 Å². The van der Waals surface area contributed by atoms with E-state index >= 15 is 0 Å². The summed E-state index contributed by atoms with van der Waals surface area (Å²) in [6, 6.07) is 9.99. The van der Waals surface area contributed by atoms with E-state index in [0.717, 1.165) is 36.6 Å². The van der Waals surface area contributed by atoms with Crippen LogP contribution in [0.15, 0.2) is 35.8 Å². The highest BCUT2D eigenvalue weighted by atomic mass is 32.1. The predicted octanol–water partition coefficient (Wildman–Crippen LogP) is 2.20. The maximum absolute atomic E-state index is 12.6. The van der Waals surface area contributed by atoms with Crippen molar-refractivity contribution in [1.29, 1.82) is 0 Å². The van der Waals surface area contributed by atoms with Crippen LogP contribution in [0.1, 0.15) is 10.5 Å². The van der Waals surface area contributed by atoms with Crippen molar-refractivity contribution >= 4 is 17.2 Å². The molecule has 0 atom stereocenters. The average Bonchev–Trinajstić information content (AvgIpc) is 2.97. The fourth-order valence-corrected chi connectivity index (χ4v) is 3.14. The number of carbonyl (C=O) groups is 1. The Hall–Kier alpha value is -1.72. The molecule has 1 fully saturated rings. The minimum atomic E-state index is 0.0539. The number of thiazole rings is 1. The lowest BCUT2D eigenvalue weighted by atomic mass is 10.1. The molecule has 0 bridgehead atoms. The number of piperazine rings is 1. The van der Waals surface area contributed by atoms with Crippen LogP contribution in [0.5, 0.6) is 0 Å². The molecule has 1 aromatic carbocycles. The molecule has 1 aliphatic rings. The van der Waals surface area contributed by atoms with Crippen molar-refractivity contribution in [3.63, 3.8) is 0 Å². The summed E-state index contributed by atoms with van der Waals surface area (Å²) in [6.07, 6.45) is 0. The summed E-state index contributed by atoms with van der Waals surface area (Å²) < 4.78 is 0. The molecule has 5 heteroatoms. The highest BCUT2D eigenvalue weighted by molar-refractivity contribution is 7.13. The minimum absolute atomic E-state index is 0.0539. The molecule has 0 unspecified atom stereocenters. The van der Waals surface area contributed by atoms with E-state index in [-0.39, 0.29) is 5.91 Å². The van der Waals surface area contributed by atoms with Crippen molar-refractivity contribution in [2.45, 2.75) is 0 Å². The first-order valence-electron chi connectivity index (χ1n) is 6.72. The van der Waals surface area contributed by atoms with Gasteiger partial charge in [-0.05, 0) is 12.6 Å². The number of amides is 1. The lowest BCUT2D eigenvalue weighted by Gasteiger charge is -2.32. The number of aromatic nitrogens is 1. The fraction of sp³-hybridized carbons (Fsp3) is 0.333. The summed E-state index contributed by atoms with van der Waals surface area (Å²) in [6.45, 7) is 3.41. The topological polar surface area (TPSA) is 36.4 Å². The van der Waals surface area contributed by atoms with Crippen LogP contribution >= 0.6 is 11.3 Å². The molecule has 1 aliphatic heterocycles. The summed E-state index contributed by atoms with van der Waals surface area (Å²) in [4.78, 5) is 22.0. The second-order valence-corrected chi connectivity index (χ2v) is 5.85. The summed E-state index contributed by atoms with van der Waals surface area (Å²) in [5.41, 5.74) is 3.41. The van der Waals surface area contributed by atoms with Gasteiger partial charge in [-0.25, -0.2) is 4.98 Å². The highest BCUT2D eigenvalue weighted by Crippen LogP contribution is 2.28. The largest absolute Gasteiger partial charge is 0.335 e. The van der Waals surface area contributed by atoms with Gasteiger partial charge in [0.2, 0.25) is 0 Å². The molecular formula is C15H17N3OS. The van der Waals surface area contributed by atoms with Gasteiger partial charge in [0.25, 0.3) is 5.91 Å². The Morgan fingerprint density at radius 3 is 2.55 bits per heavy atom. The van der Waals surface area contributed by atoms with Crippen molar-refractivity contribution < 1.29 is 4.79 Å². The van der Waals surface area contributed by atoms with Crippen LogP contribution in [0.25, 0.3) is 10.4 Å². The zero-order chi connectivity index (χ0) is 13.9. The highest BCUT2D eigenvalue weighted by Gasteiger charge is 2.24. The molecule has 104 valence electrons. The Bertz CT molecular complexity index is 588. The smallest absolute Gasteiger partial charge is 0.274 e. The van der Waals surface area contributed by atoms with E-state index in [1.165, 1.54) is 11.3 Å². The first-order valence-corrected chi connectivity index (χ1v) is 7.60. The second-order valence-electron chi connectivity index (χ2n) is 4.99. The van der Waals surface area contributed by atoms with E-state index in [1.807, 2.05) is 35.2 Å². The standard InChI is InChI=1S/C15H17N3OS/c1-17-7-9-18(10-8-17)15(19)13-14(20-11-16-13)12-5-3-2-4-6-12/h2-6,11H,7-10H2,1H3. The Labute approximate surface area is 122 Å². The Kier molecular flexibility index (Phi) is 3.80.